The Morgan fingerprint density at radius 2 is 1.97 bits per heavy atom. The Bertz CT molecular complexity index is 1190. The zero-order valence-corrected chi connectivity index (χ0v) is 19.7. The first-order chi connectivity index (χ1) is 16.1. The van der Waals surface area contributed by atoms with Crippen LogP contribution in [0.3, 0.4) is 0 Å². The van der Waals surface area contributed by atoms with Gasteiger partial charge in [0.05, 0.1) is 31.0 Å². The molecule has 2 aliphatic heterocycles. The molecule has 6 nitrogen and oxygen atoms in total. The van der Waals surface area contributed by atoms with Gasteiger partial charge in [-0.2, -0.15) is 0 Å². The highest BCUT2D eigenvalue weighted by Crippen LogP contribution is 2.32. The van der Waals surface area contributed by atoms with Crippen LogP contribution in [0.4, 0.5) is 13.2 Å². The minimum atomic E-state index is -3.78. The van der Waals surface area contributed by atoms with Crippen molar-refractivity contribution in [1.82, 2.24) is 9.62 Å². The Morgan fingerprint density at radius 1 is 1.24 bits per heavy atom. The molecule has 1 amide bonds. The molecule has 2 aromatic carbocycles. The maximum atomic E-state index is 15.6. The number of rotatable bonds is 7. The van der Waals surface area contributed by atoms with Crippen LogP contribution in [0.1, 0.15) is 24.5 Å². The summed E-state index contributed by atoms with van der Waals surface area (Å²) in [4.78, 5) is 14.2. The van der Waals surface area contributed by atoms with Crippen molar-refractivity contribution in [3.63, 3.8) is 0 Å². The predicted molar refractivity (Wildman–Crippen MR) is 121 cm³/mol. The fourth-order valence-corrected chi connectivity index (χ4v) is 5.30. The Balaban J connectivity index is 1.68. The molecular formula is C24H27F3N2O4S. The van der Waals surface area contributed by atoms with Crippen molar-refractivity contribution < 1.29 is 31.1 Å². The maximum absolute atomic E-state index is 15.6. The van der Waals surface area contributed by atoms with E-state index in [0.29, 0.717) is 24.2 Å². The van der Waals surface area contributed by atoms with Gasteiger partial charge < -0.3 is 9.64 Å². The Morgan fingerprint density at radius 3 is 2.59 bits per heavy atom. The molecular weight excluding hydrogens is 469 g/mol. The molecule has 34 heavy (non-hydrogen) atoms. The average molecular weight is 497 g/mol. The van der Waals surface area contributed by atoms with Gasteiger partial charge in [0.2, 0.25) is 10.0 Å². The minimum absolute atomic E-state index is 0.102. The van der Waals surface area contributed by atoms with Crippen LogP contribution in [-0.2, 0) is 26.0 Å². The van der Waals surface area contributed by atoms with Crippen molar-refractivity contribution in [3.8, 4) is 11.1 Å². The van der Waals surface area contributed by atoms with Gasteiger partial charge in [-0.3, -0.25) is 4.79 Å². The molecule has 184 valence electrons. The summed E-state index contributed by atoms with van der Waals surface area (Å²) in [6.45, 7) is 3.13. The molecule has 2 fully saturated rings. The molecule has 0 saturated carbocycles. The summed E-state index contributed by atoms with van der Waals surface area (Å²) in [5.74, 6) is -1.67. The summed E-state index contributed by atoms with van der Waals surface area (Å²) in [5, 5.41) is 0. The molecule has 0 bridgehead atoms. The largest absolute Gasteiger partial charge is 0.368 e. The van der Waals surface area contributed by atoms with Gasteiger partial charge in [-0.05, 0) is 49.1 Å². The molecule has 2 saturated heterocycles. The predicted octanol–water partition coefficient (Wildman–Crippen LogP) is 3.13. The minimum Gasteiger partial charge on any atom is -0.368 e. The number of hydrogen-bond acceptors (Lipinski definition) is 4. The van der Waals surface area contributed by atoms with E-state index in [9.17, 15) is 17.6 Å². The van der Waals surface area contributed by atoms with Gasteiger partial charge in [-0.15, -0.1) is 0 Å². The van der Waals surface area contributed by atoms with E-state index >= 15 is 8.78 Å². The SMILES string of the molecule is CCS(=O)(=O)N[C@H]1[C@@H](F)CN(C(=O)C2CCO2)[C@H]1Cc1cccc(-c2ccc(F)c(C)c2)c1F. The second kappa shape index (κ2) is 9.67. The van der Waals surface area contributed by atoms with Gasteiger partial charge in [-0.25, -0.2) is 26.3 Å². The van der Waals surface area contributed by atoms with Crippen LogP contribution in [-0.4, -0.2) is 62.5 Å². The monoisotopic (exact) mass is 496 g/mol. The highest BCUT2D eigenvalue weighted by Gasteiger charge is 2.48. The normalized spacial score (nSPS) is 24.8. The molecule has 2 aliphatic rings. The average Bonchev–Trinajstić information content (AvgIpc) is 3.05. The van der Waals surface area contributed by atoms with Crippen LogP contribution in [0, 0.1) is 18.6 Å². The number of benzene rings is 2. The molecule has 0 radical (unpaired) electrons. The standard InChI is InChI=1S/C24H27F3N2O4S/c1-3-34(31,32)28-23-19(26)13-29(24(30)21-9-10-33-21)20(23)12-16-5-4-6-17(22(16)27)15-7-8-18(25)14(2)11-15/h4-8,11,19-21,23,28H,3,9-10,12-13H2,1-2H3/t19-,20-,21?,23-/m0/s1. The number of halogens is 3. The lowest BCUT2D eigenvalue weighted by Gasteiger charge is -2.34. The first kappa shape index (κ1) is 24.7. The number of amides is 1. The summed E-state index contributed by atoms with van der Waals surface area (Å²) in [5.41, 5.74) is 1.28. The maximum Gasteiger partial charge on any atom is 0.252 e. The van der Waals surface area contributed by atoms with Gasteiger partial charge >= 0.3 is 0 Å². The summed E-state index contributed by atoms with van der Waals surface area (Å²) < 4.78 is 76.4. The molecule has 1 N–H and O–H groups in total. The molecule has 0 aliphatic carbocycles. The van der Waals surface area contributed by atoms with Crippen molar-refractivity contribution in [2.45, 2.75) is 51.0 Å². The summed E-state index contributed by atoms with van der Waals surface area (Å²) in [7, 11) is -3.78. The van der Waals surface area contributed by atoms with E-state index in [1.54, 1.807) is 19.1 Å². The number of ether oxygens (including phenoxy) is 1. The lowest BCUT2D eigenvalue weighted by molar-refractivity contribution is -0.157. The lowest BCUT2D eigenvalue weighted by atomic mass is 9.95. The van der Waals surface area contributed by atoms with E-state index in [-0.39, 0.29) is 29.8 Å². The number of alkyl halides is 1. The van der Waals surface area contributed by atoms with Gasteiger partial charge in [0.25, 0.3) is 5.91 Å². The molecule has 1 unspecified atom stereocenters. The van der Waals surface area contributed by atoms with Crippen molar-refractivity contribution in [2.24, 2.45) is 0 Å². The van der Waals surface area contributed by atoms with Crippen LogP contribution in [0.2, 0.25) is 0 Å². The van der Waals surface area contributed by atoms with E-state index < -0.39 is 51.9 Å². The summed E-state index contributed by atoms with van der Waals surface area (Å²) in [6.07, 6.45) is -1.95. The van der Waals surface area contributed by atoms with Crippen LogP contribution in [0.25, 0.3) is 11.1 Å². The number of nitrogens with one attached hydrogen (secondary N) is 1. The lowest BCUT2D eigenvalue weighted by Crippen LogP contribution is -2.53. The number of aryl methyl sites for hydroxylation is 1. The first-order valence-electron chi connectivity index (χ1n) is 11.2. The molecule has 4 atom stereocenters. The van der Waals surface area contributed by atoms with Gasteiger partial charge in [0.15, 0.2) is 0 Å². The van der Waals surface area contributed by atoms with Gasteiger partial charge in [-0.1, -0.05) is 24.3 Å². The third kappa shape index (κ3) is 4.85. The van der Waals surface area contributed by atoms with E-state index in [4.69, 9.17) is 4.74 Å². The quantitative estimate of drug-likeness (QED) is 0.639. The van der Waals surface area contributed by atoms with Crippen molar-refractivity contribution in [3.05, 3.63) is 59.2 Å². The van der Waals surface area contributed by atoms with Gasteiger partial charge in [0.1, 0.15) is 23.9 Å². The third-order valence-electron chi connectivity index (χ3n) is 6.51. The van der Waals surface area contributed by atoms with E-state index in [2.05, 4.69) is 4.72 Å². The highest BCUT2D eigenvalue weighted by atomic mass is 32.2. The second-order valence-electron chi connectivity index (χ2n) is 8.72. The van der Waals surface area contributed by atoms with Crippen molar-refractivity contribution in [1.29, 1.82) is 0 Å². The van der Waals surface area contributed by atoms with Crippen molar-refractivity contribution >= 4 is 15.9 Å². The molecule has 10 heteroatoms. The molecule has 2 heterocycles. The number of carbonyl (C=O) groups is 1. The zero-order chi connectivity index (χ0) is 24.6. The molecule has 2 aromatic rings. The van der Waals surface area contributed by atoms with Crippen LogP contribution < -0.4 is 4.72 Å². The van der Waals surface area contributed by atoms with E-state index in [1.165, 1.54) is 36.1 Å². The van der Waals surface area contributed by atoms with Gasteiger partial charge in [0, 0.05) is 12.0 Å². The fraction of sp³-hybridized carbons (Fsp3) is 0.458. The highest BCUT2D eigenvalue weighted by molar-refractivity contribution is 7.89. The van der Waals surface area contributed by atoms with Crippen LogP contribution in [0.5, 0.6) is 0 Å². The Labute approximate surface area is 197 Å². The topological polar surface area (TPSA) is 75.7 Å². The van der Waals surface area contributed by atoms with Crippen molar-refractivity contribution in [2.75, 3.05) is 18.9 Å². The number of sulfonamides is 1. The van der Waals surface area contributed by atoms with E-state index in [0.717, 1.165) is 0 Å². The number of likely N-dealkylation sites (tertiary alicyclic amines) is 1. The molecule has 0 aromatic heterocycles. The first-order valence-corrected chi connectivity index (χ1v) is 12.9. The Kier molecular flexibility index (Phi) is 7.02. The van der Waals surface area contributed by atoms with Crippen LogP contribution >= 0.6 is 0 Å². The van der Waals surface area contributed by atoms with E-state index in [1.807, 2.05) is 0 Å². The second-order valence-corrected chi connectivity index (χ2v) is 10.8. The smallest absolute Gasteiger partial charge is 0.252 e. The molecule has 4 rings (SSSR count). The summed E-state index contributed by atoms with van der Waals surface area (Å²) in [6, 6.07) is 6.82. The molecule has 0 spiro atoms. The number of nitrogens with zero attached hydrogens (tertiary/aromatic N) is 1. The number of carbonyl (C=O) groups excluding carboxylic acids is 1. The third-order valence-corrected chi connectivity index (χ3v) is 7.90. The Hall–Kier alpha value is -2.43. The number of hydrogen-bond donors (Lipinski definition) is 1. The summed E-state index contributed by atoms with van der Waals surface area (Å²) >= 11 is 0. The fourth-order valence-electron chi connectivity index (χ4n) is 4.42. The zero-order valence-electron chi connectivity index (χ0n) is 18.9. The van der Waals surface area contributed by atoms with Crippen LogP contribution in [0.15, 0.2) is 36.4 Å².